The SMILES string of the molecule is C[n+]1cc[nH]c1CCCCP(=O)(c1ccccc1)C(C)(C)C. The first-order valence-corrected chi connectivity index (χ1v) is 9.90. The van der Waals surface area contributed by atoms with Gasteiger partial charge in [-0.1, -0.05) is 51.1 Å². The first-order valence-electron chi connectivity index (χ1n) is 8.01. The molecule has 1 unspecified atom stereocenters. The summed E-state index contributed by atoms with van der Waals surface area (Å²) in [5.74, 6) is 1.23. The minimum absolute atomic E-state index is 0.189. The summed E-state index contributed by atoms with van der Waals surface area (Å²) in [5, 5.41) is 0.832. The fourth-order valence-corrected chi connectivity index (χ4v) is 5.86. The maximum Gasteiger partial charge on any atom is 0.253 e. The van der Waals surface area contributed by atoms with Gasteiger partial charge in [-0.05, 0) is 12.8 Å². The van der Waals surface area contributed by atoms with Crippen LogP contribution in [0.3, 0.4) is 0 Å². The quantitative estimate of drug-likeness (QED) is 0.492. The van der Waals surface area contributed by atoms with E-state index in [9.17, 15) is 4.57 Å². The van der Waals surface area contributed by atoms with Gasteiger partial charge in [0.05, 0.1) is 7.05 Å². The van der Waals surface area contributed by atoms with Crippen molar-refractivity contribution in [1.82, 2.24) is 4.98 Å². The molecule has 2 aromatic rings. The van der Waals surface area contributed by atoms with Crippen LogP contribution in [0.25, 0.3) is 0 Å². The summed E-state index contributed by atoms with van der Waals surface area (Å²) in [6, 6.07) is 10.0. The smallest absolute Gasteiger partial charge is 0.253 e. The molecule has 1 atom stereocenters. The average Bonchev–Trinajstić information content (AvgIpc) is 2.88. The van der Waals surface area contributed by atoms with Gasteiger partial charge in [0.25, 0.3) is 5.82 Å². The van der Waals surface area contributed by atoms with Crippen molar-refractivity contribution in [2.75, 3.05) is 6.16 Å². The van der Waals surface area contributed by atoms with E-state index in [1.165, 1.54) is 5.82 Å². The monoisotopic (exact) mass is 319 g/mol. The highest BCUT2D eigenvalue weighted by Gasteiger charge is 2.37. The van der Waals surface area contributed by atoms with Crippen molar-refractivity contribution >= 4 is 12.4 Å². The molecule has 3 nitrogen and oxygen atoms in total. The lowest BCUT2D eigenvalue weighted by atomic mass is 10.2. The average molecular weight is 319 g/mol. The van der Waals surface area contributed by atoms with Crippen molar-refractivity contribution in [2.24, 2.45) is 7.05 Å². The molecule has 1 aromatic heterocycles. The Hall–Kier alpha value is -1.34. The first kappa shape index (κ1) is 17.0. The molecule has 0 amide bonds. The third kappa shape index (κ3) is 3.70. The highest BCUT2D eigenvalue weighted by molar-refractivity contribution is 7.73. The van der Waals surface area contributed by atoms with Crippen LogP contribution in [0.1, 0.15) is 39.4 Å². The van der Waals surface area contributed by atoms with Crippen LogP contribution in [0.15, 0.2) is 42.7 Å². The van der Waals surface area contributed by atoms with E-state index >= 15 is 0 Å². The number of unbranched alkanes of at least 4 members (excludes halogenated alkanes) is 1. The standard InChI is InChI=1S/C18H27N2OP/c1-18(2,3)22(21,16-10-6-5-7-11-16)15-9-8-12-17-19-13-14-20(17)4/h5-7,10-11,13-14H,8-9,12,15H2,1-4H3/p+1. The van der Waals surface area contributed by atoms with E-state index in [0.717, 1.165) is 30.7 Å². The molecular formula is C18H28N2OP+. The second kappa shape index (κ2) is 6.83. The van der Waals surface area contributed by atoms with Crippen LogP contribution >= 0.6 is 7.14 Å². The van der Waals surface area contributed by atoms with Gasteiger partial charge in [-0.25, -0.2) is 9.55 Å². The van der Waals surface area contributed by atoms with Gasteiger partial charge in [-0.2, -0.15) is 0 Å². The highest BCUT2D eigenvalue weighted by Crippen LogP contribution is 2.57. The third-order valence-corrected chi connectivity index (χ3v) is 8.61. The summed E-state index contributed by atoms with van der Waals surface area (Å²) in [6.07, 6.45) is 7.82. The van der Waals surface area contributed by atoms with Crippen molar-refractivity contribution in [1.29, 1.82) is 0 Å². The third-order valence-electron chi connectivity index (χ3n) is 4.37. The van der Waals surface area contributed by atoms with Gasteiger partial charge in [0.15, 0.2) is 0 Å². The van der Waals surface area contributed by atoms with E-state index in [1.54, 1.807) is 0 Å². The summed E-state index contributed by atoms with van der Waals surface area (Å²) in [6.45, 7) is 6.31. The maximum absolute atomic E-state index is 13.7. The van der Waals surface area contributed by atoms with Crippen LogP contribution in [-0.4, -0.2) is 16.3 Å². The number of benzene rings is 1. The van der Waals surface area contributed by atoms with Gasteiger partial charge in [0.1, 0.15) is 19.5 Å². The van der Waals surface area contributed by atoms with E-state index in [2.05, 4.69) is 37.4 Å². The summed E-state index contributed by atoms with van der Waals surface area (Å²) in [4.78, 5) is 3.26. The van der Waals surface area contributed by atoms with E-state index in [1.807, 2.05) is 42.7 Å². The number of nitrogens with one attached hydrogen (secondary N) is 1. The fourth-order valence-electron chi connectivity index (χ4n) is 2.83. The van der Waals surface area contributed by atoms with Crippen LogP contribution in [0.5, 0.6) is 0 Å². The molecule has 1 N–H and O–H groups in total. The zero-order valence-corrected chi connectivity index (χ0v) is 15.1. The van der Waals surface area contributed by atoms with Gasteiger partial charge in [-0.15, -0.1) is 0 Å². The Labute approximate surface area is 134 Å². The number of hydrogen-bond donors (Lipinski definition) is 1. The molecule has 120 valence electrons. The van der Waals surface area contributed by atoms with E-state index < -0.39 is 7.14 Å². The molecule has 2 rings (SSSR count). The predicted octanol–water partition coefficient (Wildman–Crippen LogP) is 3.65. The van der Waals surface area contributed by atoms with E-state index in [4.69, 9.17) is 0 Å². The van der Waals surface area contributed by atoms with Crippen LogP contribution in [0.2, 0.25) is 0 Å². The zero-order valence-electron chi connectivity index (χ0n) is 14.2. The van der Waals surface area contributed by atoms with Gasteiger partial charge in [-0.3, -0.25) is 0 Å². The maximum atomic E-state index is 13.7. The molecule has 0 saturated carbocycles. The summed E-state index contributed by atoms with van der Waals surface area (Å²) in [5.41, 5.74) is 0. The number of imidazole rings is 1. The molecule has 0 radical (unpaired) electrons. The van der Waals surface area contributed by atoms with E-state index in [-0.39, 0.29) is 5.16 Å². The molecule has 1 aromatic carbocycles. The highest BCUT2D eigenvalue weighted by atomic mass is 31.2. The van der Waals surface area contributed by atoms with Crippen LogP contribution in [-0.2, 0) is 18.0 Å². The minimum Gasteiger partial charge on any atom is -0.318 e. The van der Waals surface area contributed by atoms with Crippen molar-refractivity contribution in [2.45, 2.75) is 45.2 Å². The number of nitrogens with zero attached hydrogens (tertiary/aromatic N) is 1. The van der Waals surface area contributed by atoms with Crippen LogP contribution in [0.4, 0.5) is 0 Å². The minimum atomic E-state index is -2.39. The van der Waals surface area contributed by atoms with Gasteiger partial charge >= 0.3 is 0 Å². The lowest BCUT2D eigenvalue weighted by molar-refractivity contribution is -0.677. The normalized spacial score (nSPS) is 14.7. The van der Waals surface area contributed by atoms with Gasteiger partial charge in [0, 0.05) is 23.0 Å². The number of aryl methyl sites for hydroxylation is 2. The predicted molar refractivity (Wildman–Crippen MR) is 93.2 cm³/mol. The molecule has 0 aliphatic heterocycles. The molecule has 4 heteroatoms. The number of aromatic nitrogens is 2. The largest absolute Gasteiger partial charge is 0.318 e. The number of aromatic amines is 1. The topological polar surface area (TPSA) is 36.7 Å². The molecule has 0 bridgehead atoms. The molecule has 0 aliphatic carbocycles. The lowest BCUT2D eigenvalue weighted by Crippen LogP contribution is -2.30. The molecule has 22 heavy (non-hydrogen) atoms. The molecule has 1 heterocycles. The lowest BCUT2D eigenvalue weighted by Gasteiger charge is -2.32. The van der Waals surface area contributed by atoms with E-state index in [0.29, 0.717) is 0 Å². The Morgan fingerprint density at radius 2 is 1.82 bits per heavy atom. The van der Waals surface area contributed by atoms with Crippen molar-refractivity contribution < 1.29 is 9.13 Å². The number of rotatable bonds is 6. The Balaban J connectivity index is 2.03. The number of hydrogen-bond acceptors (Lipinski definition) is 1. The van der Waals surface area contributed by atoms with Crippen LogP contribution < -0.4 is 9.87 Å². The Morgan fingerprint density at radius 1 is 1.14 bits per heavy atom. The Morgan fingerprint density at radius 3 is 2.36 bits per heavy atom. The number of H-pyrrole nitrogens is 1. The van der Waals surface area contributed by atoms with Gasteiger partial charge < -0.3 is 4.57 Å². The van der Waals surface area contributed by atoms with Crippen molar-refractivity contribution in [3.8, 4) is 0 Å². The Bertz CT molecular complexity index is 641. The molecule has 0 saturated heterocycles. The first-order chi connectivity index (χ1) is 10.3. The molecule has 0 spiro atoms. The summed E-state index contributed by atoms with van der Waals surface area (Å²) in [7, 11) is -0.339. The Kier molecular flexibility index (Phi) is 5.28. The molecule has 0 fully saturated rings. The van der Waals surface area contributed by atoms with Gasteiger partial charge in [0.2, 0.25) is 0 Å². The fraction of sp³-hybridized carbons (Fsp3) is 0.500. The molecule has 0 aliphatic rings. The summed E-state index contributed by atoms with van der Waals surface area (Å²) < 4.78 is 15.8. The second-order valence-electron chi connectivity index (χ2n) is 6.94. The van der Waals surface area contributed by atoms with Crippen molar-refractivity contribution in [3.05, 3.63) is 48.5 Å². The zero-order chi connectivity index (χ0) is 16.2. The second-order valence-corrected chi connectivity index (χ2v) is 10.7. The van der Waals surface area contributed by atoms with Crippen LogP contribution in [0, 0.1) is 0 Å². The van der Waals surface area contributed by atoms with Crippen molar-refractivity contribution in [3.63, 3.8) is 0 Å². The summed E-state index contributed by atoms with van der Waals surface area (Å²) >= 11 is 0. The molecular weight excluding hydrogens is 291 g/mol.